The SMILES string of the molecule is [2H]C([2H])(C=C)CCCCC(N=C(c1ccccc1)c1ccccc1)C(=O)OCC. The highest BCUT2D eigenvalue weighted by atomic mass is 16.5. The number of esters is 1. The maximum absolute atomic E-state index is 12.6. The second-order valence-electron chi connectivity index (χ2n) is 6.13. The molecule has 0 amide bonds. The molecule has 1 unspecified atom stereocenters. The van der Waals surface area contributed by atoms with Gasteiger partial charge in [0.2, 0.25) is 0 Å². The topological polar surface area (TPSA) is 38.7 Å². The number of hydrogen-bond acceptors (Lipinski definition) is 3. The molecule has 0 aliphatic rings. The minimum Gasteiger partial charge on any atom is -0.464 e. The van der Waals surface area contributed by atoms with Crippen LogP contribution in [0.25, 0.3) is 0 Å². The van der Waals surface area contributed by atoms with E-state index in [-0.39, 0.29) is 5.97 Å². The molecule has 142 valence electrons. The first-order chi connectivity index (χ1) is 14.0. The normalized spacial score (nSPS) is 13.1. The van der Waals surface area contributed by atoms with E-state index >= 15 is 0 Å². The fourth-order valence-corrected chi connectivity index (χ4v) is 2.80. The van der Waals surface area contributed by atoms with Gasteiger partial charge in [-0.2, -0.15) is 0 Å². The Hall–Kier alpha value is -2.68. The Kier molecular flexibility index (Phi) is 7.77. The highest BCUT2D eigenvalue weighted by molar-refractivity contribution is 6.13. The fraction of sp³-hybridized carbons (Fsp3) is 0.333. The molecule has 0 aromatic heterocycles. The van der Waals surface area contributed by atoms with Gasteiger partial charge in [0.15, 0.2) is 0 Å². The molecule has 0 fully saturated rings. The number of nitrogens with zero attached hydrogens (tertiary/aromatic N) is 1. The van der Waals surface area contributed by atoms with E-state index in [0.717, 1.165) is 16.8 Å². The molecule has 2 rings (SSSR count). The summed E-state index contributed by atoms with van der Waals surface area (Å²) < 4.78 is 20.8. The molecule has 0 bridgehead atoms. The minimum atomic E-state index is -1.39. The molecule has 0 heterocycles. The van der Waals surface area contributed by atoms with Crippen LogP contribution in [0.4, 0.5) is 0 Å². The van der Waals surface area contributed by atoms with Gasteiger partial charge in [-0.25, -0.2) is 4.79 Å². The molecule has 3 nitrogen and oxygen atoms in total. The van der Waals surface area contributed by atoms with Gasteiger partial charge in [-0.15, -0.1) is 6.58 Å². The van der Waals surface area contributed by atoms with Gasteiger partial charge < -0.3 is 4.74 Å². The maximum Gasteiger partial charge on any atom is 0.330 e. The Labute approximate surface area is 165 Å². The van der Waals surface area contributed by atoms with Gasteiger partial charge in [0.25, 0.3) is 0 Å². The van der Waals surface area contributed by atoms with Crippen molar-refractivity contribution in [1.82, 2.24) is 0 Å². The predicted octanol–water partition coefficient (Wildman–Crippen LogP) is 5.59. The number of ether oxygens (including phenoxy) is 1. The summed E-state index contributed by atoms with van der Waals surface area (Å²) in [6.07, 6.45) is 2.15. The molecule has 3 heteroatoms. The lowest BCUT2D eigenvalue weighted by Gasteiger charge is -2.15. The van der Waals surface area contributed by atoms with E-state index in [9.17, 15) is 4.79 Å². The Bertz CT molecular complexity index is 763. The predicted molar refractivity (Wildman–Crippen MR) is 112 cm³/mol. The van der Waals surface area contributed by atoms with E-state index < -0.39 is 12.4 Å². The molecule has 2 aromatic carbocycles. The average molecular weight is 366 g/mol. The summed E-state index contributed by atoms with van der Waals surface area (Å²) in [7, 11) is 0. The van der Waals surface area contributed by atoms with Crippen molar-refractivity contribution in [3.8, 4) is 0 Å². The van der Waals surface area contributed by atoms with Gasteiger partial charge in [0.05, 0.1) is 12.3 Å². The van der Waals surface area contributed by atoms with Crippen molar-refractivity contribution in [3.63, 3.8) is 0 Å². The summed E-state index contributed by atoms with van der Waals surface area (Å²) in [5.74, 6) is -0.344. The number of rotatable bonds is 11. The molecule has 0 aliphatic heterocycles. The summed E-state index contributed by atoms with van der Waals surface area (Å²) in [5.41, 5.74) is 2.64. The van der Waals surface area contributed by atoms with Crippen molar-refractivity contribution >= 4 is 11.7 Å². The van der Waals surface area contributed by atoms with Crippen molar-refractivity contribution in [2.45, 2.75) is 45.0 Å². The zero-order valence-electron chi connectivity index (χ0n) is 17.9. The van der Waals surface area contributed by atoms with Gasteiger partial charge in [0, 0.05) is 13.9 Å². The Morgan fingerprint density at radius 1 is 1.07 bits per heavy atom. The Balaban J connectivity index is 2.27. The molecule has 0 aliphatic carbocycles. The molecular formula is C24H29NO2. The molecule has 0 saturated heterocycles. The third-order valence-electron chi connectivity index (χ3n) is 4.13. The first-order valence-electron chi connectivity index (χ1n) is 10.5. The van der Waals surface area contributed by atoms with Crippen LogP contribution < -0.4 is 0 Å². The molecule has 0 radical (unpaired) electrons. The van der Waals surface area contributed by atoms with E-state index in [1.165, 1.54) is 6.08 Å². The number of carbonyl (C=O) groups is 1. The lowest BCUT2D eigenvalue weighted by Crippen LogP contribution is -2.24. The van der Waals surface area contributed by atoms with E-state index in [2.05, 4.69) is 6.58 Å². The second-order valence-corrected chi connectivity index (χ2v) is 6.13. The van der Waals surface area contributed by atoms with Crippen LogP contribution in [0.15, 0.2) is 78.3 Å². The smallest absolute Gasteiger partial charge is 0.330 e. The third kappa shape index (κ3) is 6.86. The first-order valence-corrected chi connectivity index (χ1v) is 9.45. The second kappa shape index (κ2) is 11.8. The molecule has 0 saturated carbocycles. The Morgan fingerprint density at radius 3 is 2.19 bits per heavy atom. The molecule has 2 aromatic rings. The van der Waals surface area contributed by atoms with Crippen LogP contribution in [-0.2, 0) is 9.53 Å². The van der Waals surface area contributed by atoms with Crippen molar-refractivity contribution in [2.24, 2.45) is 4.99 Å². The highest BCUT2D eigenvalue weighted by Crippen LogP contribution is 2.16. The van der Waals surface area contributed by atoms with Gasteiger partial charge in [0.1, 0.15) is 6.04 Å². The van der Waals surface area contributed by atoms with Crippen LogP contribution in [-0.4, -0.2) is 24.3 Å². The van der Waals surface area contributed by atoms with Crippen molar-refractivity contribution in [2.75, 3.05) is 6.61 Å². The summed E-state index contributed by atoms with van der Waals surface area (Å²) in [6, 6.07) is 19.0. The molecule has 0 N–H and O–H groups in total. The van der Waals surface area contributed by atoms with Crippen molar-refractivity contribution in [3.05, 3.63) is 84.4 Å². The molecule has 1 atom stereocenters. The summed E-state index contributed by atoms with van der Waals surface area (Å²) >= 11 is 0. The molecule has 27 heavy (non-hydrogen) atoms. The summed E-state index contributed by atoms with van der Waals surface area (Å²) in [5, 5.41) is 0. The van der Waals surface area contributed by atoms with Gasteiger partial charge in [-0.1, -0.05) is 79.6 Å². The first kappa shape index (κ1) is 17.7. The van der Waals surface area contributed by atoms with E-state index in [0.29, 0.717) is 32.3 Å². The van der Waals surface area contributed by atoms with Gasteiger partial charge in [-0.3, -0.25) is 4.99 Å². The van der Waals surface area contributed by atoms with E-state index in [1.807, 2.05) is 60.7 Å². The number of hydrogen-bond donors (Lipinski definition) is 0. The maximum atomic E-state index is 12.6. The van der Waals surface area contributed by atoms with Crippen LogP contribution >= 0.6 is 0 Å². The highest BCUT2D eigenvalue weighted by Gasteiger charge is 2.20. The quantitative estimate of drug-likeness (QED) is 0.225. The largest absolute Gasteiger partial charge is 0.464 e. The fourth-order valence-electron chi connectivity index (χ4n) is 2.80. The number of benzene rings is 2. The van der Waals surface area contributed by atoms with Gasteiger partial charge in [-0.05, 0) is 26.1 Å². The average Bonchev–Trinajstić information content (AvgIpc) is 2.74. The Morgan fingerprint density at radius 2 is 1.67 bits per heavy atom. The number of carbonyl (C=O) groups excluding carboxylic acids is 1. The lowest BCUT2D eigenvalue weighted by molar-refractivity contribution is -0.144. The van der Waals surface area contributed by atoms with Crippen molar-refractivity contribution in [1.29, 1.82) is 0 Å². The molecular weight excluding hydrogens is 334 g/mol. The van der Waals surface area contributed by atoms with E-state index in [4.69, 9.17) is 12.5 Å². The number of aliphatic imine (C=N–C) groups is 1. The molecule has 0 spiro atoms. The zero-order valence-corrected chi connectivity index (χ0v) is 15.9. The lowest BCUT2D eigenvalue weighted by atomic mass is 10.0. The number of allylic oxidation sites excluding steroid dienone is 1. The van der Waals surface area contributed by atoms with Crippen LogP contribution in [0.1, 0.15) is 52.8 Å². The van der Waals surface area contributed by atoms with Crippen LogP contribution in [0.2, 0.25) is 0 Å². The number of unbranched alkanes of at least 4 members (excludes halogenated alkanes) is 1. The summed E-state index contributed by atoms with van der Waals surface area (Å²) in [6.45, 7) is 5.62. The monoisotopic (exact) mass is 365 g/mol. The third-order valence-corrected chi connectivity index (χ3v) is 4.13. The van der Waals surface area contributed by atoms with Crippen LogP contribution in [0.5, 0.6) is 0 Å². The summed E-state index contributed by atoms with van der Waals surface area (Å²) in [4.78, 5) is 17.4. The van der Waals surface area contributed by atoms with Gasteiger partial charge >= 0.3 is 5.97 Å². The van der Waals surface area contributed by atoms with Crippen LogP contribution in [0, 0.1) is 0 Å². The minimum absolute atomic E-state index is 0.301. The standard InChI is InChI=1S/C24H29NO2/c1-3-5-6-7-14-19-22(24(26)27-4-2)25-23(20-15-10-8-11-16-20)21-17-12-9-13-18-21/h3,8-13,15-18,22H,1,4-7,14,19H2,2H3/i5D2. The van der Waals surface area contributed by atoms with Crippen molar-refractivity contribution < 1.29 is 12.3 Å². The van der Waals surface area contributed by atoms with E-state index in [1.54, 1.807) is 6.92 Å². The van der Waals surface area contributed by atoms with Crippen LogP contribution in [0.3, 0.4) is 0 Å². The zero-order chi connectivity index (χ0) is 21.1.